The Morgan fingerprint density at radius 2 is 1.94 bits per heavy atom. The molecule has 2 heterocycles. The van der Waals surface area contributed by atoms with Gasteiger partial charge in [0.05, 0.1) is 29.6 Å². The molecule has 0 aromatic heterocycles. The Bertz CT molecular complexity index is 1170. The van der Waals surface area contributed by atoms with Gasteiger partial charge in [0.2, 0.25) is 10.0 Å². The summed E-state index contributed by atoms with van der Waals surface area (Å²) in [4.78, 5) is 23.5. The molecule has 2 amide bonds. The second-order valence-corrected chi connectivity index (χ2v) is 9.09. The van der Waals surface area contributed by atoms with Crippen molar-refractivity contribution >= 4 is 44.8 Å². The Kier molecular flexibility index (Phi) is 5.84. The van der Waals surface area contributed by atoms with Crippen LogP contribution >= 0.6 is 11.6 Å². The van der Waals surface area contributed by atoms with E-state index in [1.165, 1.54) is 18.2 Å². The van der Waals surface area contributed by atoms with Gasteiger partial charge in [-0.15, -0.1) is 0 Å². The lowest BCUT2D eigenvalue weighted by Gasteiger charge is -2.26. The van der Waals surface area contributed by atoms with Gasteiger partial charge in [-0.05, 0) is 24.3 Å². The average molecular weight is 470 g/mol. The summed E-state index contributed by atoms with van der Waals surface area (Å²) < 4.78 is 51.5. The van der Waals surface area contributed by atoms with Gasteiger partial charge in [-0.25, -0.2) is 12.8 Å². The normalized spacial score (nSPS) is 16.8. The highest BCUT2D eigenvalue weighted by atomic mass is 35.5. The maximum atomic E-state index is 14.4. The lowest BCUT2D eigenvalue weighted by molar-refractivity contribution is -0.118. The van der Waals surface area contributed by atoms with E-state index in [2.05, 4.69) is 10.6 Å². The van der Waals surface area contributed by atoms with Gasteiger partial charge < -0.3 is 20.1 Å². The molecule has 31 heavy (non-hydrogen) atoms. The Morgan fingerprint density at radius 1 is 1.19 bits per heavy atom. The van der Waals surface area contributed by atoms with Crippen molar-refractivity contribution in [2.24, 2.45) is 0 Å². The SMILES string of the molecule is O=C1COc2cc(NC(=O)c3ccc(F)c(S(=O)(=O)N4CCOCC4)c3)c(Cl)cc2N1. The Labute approximate surface area is 182 Å². The van der Waals surface area contributed by atoms with Crippen LogP contribution in [0.3, 0.4) is 0 Å². The van der Waals surface area contributed by atoms with Crippen LogP contribution in [-0.4, -0.2) is 57.4 Å². The van der Waals surface area contributed by atoms with Crippen LogP contribution in [0.1, 0.15) is 10.4 Å². The first-order chi connectivity index (χ1) is 14.8. The highest BCUT2D eigenvalue weighted by Crippen LogP contribution is 2.36. The minimum Gasteiger partial charge on any atom is -0.482 e. The van der Waals surface area contributed by atoms with Crippen LogP contribution in [0.15, 0.2) is 35.2 Å². The Balaban J connectivity index is 1.60. The molecule has 9 nitrogen and oxygen atoms in total. The van der Waals surface area contributed by atoms with E-state index >= 15 is 0 Å². The van der Waals surface area contributed by atoms with Gasteiger partial charge in [-0.2, -0.15) is 4.31 Å². The van der Waals surface area contributed by atoms with Crippen LogP contribution in [0.5, 0.6) is 5.75 Å². The van der Waals surface area contributed by atoms with Crippen molar-refractivity contribution in [2.75, 3.05) is 43.5 Å². The maximum absolute atomic E-state index is 14.4. The van der Waals surface area contributed by atoms with Gasteiger partial charge in [0.25, 0.3) is 11.8 Å². The van der Waals surface area contributed by atoms with E-state index in [1.54, 1.807) is 0 Å². The van der Waals surface area contributed by atoms with Crippen molar-refractivity contribution in [3.8, 4) is 5.75 Å². The maximum Gasteiger partial charge on any atom is 0.262 e. The molecule has 2 N–H and O–H groups in total. The third-order valence-corrected chi connectivity index (χ3v) is 6.96. The smallest absolute Gasteiger partial charge is 0.262 e. The van der Waals surface area contributed by atoms with E-state index in [0.29, 0.717) is 11.4 Å². The number of nitrogens with one attached hydrogen (secondary N) is 2. The fraction of sp³-hybridized carbons (Fsp3) is 0.263. The first kappa shape index (κ1) is 21.5. The molecule has 0 bridgehead atoms. The molecule has 2 aromatic rings. The summed E-state index contributed by atoms with van der Waals surface area (Å²) in [5.41, 5.74) is 0.472. The molecule has 0 radical (unpaired) electrons. The lowest BCUT2D eigenvalue weighted by Crippen LogP contribution is -2.41. The van der Waals surface area contributed by atoms with Gasteiger partial charge in [0, 0.05) is 24.7 Å². The number of nitrogens with zero attached hydrogens (tertiary/aromatic N) is 1. The summed E-state index contributed by atoms with van der Waals surface area (Å²) in [6.07, 6.45) is 0. The number of morpholine rings is 1. The topological polar surface area (TPSA) is 114 Å². The monoisotopic (exact) mass is 469 g/mol. The average Bonchev–Trinajstić information content (AvgIpc) is 2.75. The number of fused-ring (bicyclic) bond motifs is 1. The number of benzene rings is 2. The molecular formula is C19H17ClFN3O6S. The summed E-state index contributed by atoms with van der Waals surface area (Å²) in [5.74, 6) is -1.67. The first-order valence-corrected chi connectivity index (χ1v) is 11.0. The van der Waals surface area contributed by atoms with Crippen molar-refractivity contribution < 1.29 is 31.9 Å². The molecule has 0 spiro atoms. The predicted molar refractivity (Wildman–Crippen MR) is 110 cm³/mol. The van der Waals surface area contributed by atoms with E-state index in [-0.39, 0.29) is 55.1 Å². The number of hydrogen-bond donors (Lipinski definition) is 2. The summed E-state index contributed by atoms with van der Waals surface area (Å²) in [7, 11) is -4.13. The Hall–Kier alpha value is -2.73. The predicted octanol–water partition coefficient (Wildman–Crippen LogP) is 2.08. The fourth-order valence-corrected chi connectivity index (χ4v) is 4.87. The van der Waals surface area contributed by atoms with E-state index < -0.39 is 26.6 Å². The molecule has 12 heteroatoms. The second-order valence-electron chi connectivity index (χ2n) is 6.78. The van der Waals surface area contributed by atoms with Crippen molar-refractivity contribution in [1.82, 2.24) is 4.31 Å². The number of rotatable bonds is 4. The molecule has 0 atom stereocenters. The van der Waals surface area contributed by atoms with Crippen molar-refractivity contribution in [1.29, 1.82) is 0 Å². The number of carbonyl (C=O) groups excluding carboxylic acids is 2. The van der Waals surface area contributed by atoms with Crippen molar-refractivity contribution in [3.05, 3.63) is 46.7 Å². The van der Waals surface area contributed by atoms with Crippen LogP contribution in [0, 0.1) is 5.82 Å². The van der Waals surface area contributed by atoms with E-state index in [4.69, 9.17) is 21.1 Å². The fourth-order valence-electron chi connectivity index (χ4n) is 3.16. The zero-order valence-corrected chi connectivity index (χ0v) is 17.6. The van der Waals surface area contributed by atoms with Gasteiger partial charge in [0.1, 0.15) is 16.5 Å². The highest BCUT2D eigenvalue weighted by Gasteiger charge is 2.30. The van der Waals surface area contributed by atoms with Gasteiger partial charge >= 0.3 is 0 Å². The van der Waals surface area contributed by atoms with Crippen LogP contribution < -0.4 is 15.4 Å². The molecule has 1 fully saturated rings. The van der Waals surface area contributed by atoms with Crippen LogP contribution in [0.4, 0.5) is 15.8 Å². The standard InChI is InChI=1S/C19H17ClFN3O6S/c20-12-8-15-16(30-10-18(25)22-15)9-14(12)23-19(26)11-1-2-13(21)17(7-11)31(27,28)24-3-5-29-6-4-24/h1-2,7-9H,3-6,10H2,(H,22,25)(H,23,26). The third-order valence-electron chi connectivity index (χ3n) is 4.73. The summed E-state index contributed by atoms with van der Waals surface area (Å²) in [5, 5.41) is 5.27. The van der Waals surface area contributed by atoms with Gasteiger partial charge in [-0.1, -0.05) is 11.6 Å². The van der Waals surface area contributed by atoms with Gasteiger partial charge in [-0.3, -0.25) is 9.59 Å². The van der Waals surface area contributed by atoms with Crippen LogP contribution in [0.2, 0.25) is 5.02 Å². The van der Waals surface area contributed by atoms with E-state index in [1.807, 2.05) is 0 Å². The molecule has 2 aliphatic heterocycles. The summed E-state index contributed by atoms with van der Waals surface area (Å²) in [6, 6.07) is 5.94. The summed E-state index contributed by atoms with van der Waals surface area (Å²) >= 11 is 6.18. The lowest BCUT2D eigenvalue weighted by atomic mass is 10.2. The molecule has 2 aliphatic rings. The number of sulfonamides is 1. The quantitative estimate of drug-likeness (QED) is 0.708. The highest BCUT2D eigenvalue weighted by molar-refractivity contribution is 7.89. The van der Waals surface area contributed by atoms with Crippen molar-refractivity contribution in [2.45, 2.75) is 4.90 Å². The number of ether oxygens (including phenoxy) is 2. The molecule has 1 saturated heterocycles. The molecule has 2 aromatic carbocycles. The minimum absolute atomic E-state index is 0.0729. The van der Waals surface area contributed by atoms with E-state index in [0.717, 1.165) is 16.4 Å². The second kappa shape index (κ2) is 8.42. The molecule has 0 aliphatic carbocycles. The summed E-state index contributed by atoms with van der Waals surface area (Å²) in [6.45, 7) is 0.433. The Morgan fingerprint density at radius 3 is 2.68 bits per heavy atom. The third kappa shape index (κ3) is 4.35. The van der Waals surface area contributed by atoms with Crippen LogP contribution in [0.25, 0.3) is 0 Å². The minimum atomic E-state index is -4.13. The first-order valence-electron chi connectivity index (χ1n) is 9.21. The molecule has 164 valence electrons. The number of amides is 2. The number of halogens is 2. The molecule has 0 saturated carbocycles. The van der Waals surface area contributed by atoms with Crippen LogP contribution in [-0.2, 0) is 19.6 Å². The molecular weight excluding hydrogens is 453 g/mol. The zero-order chi connectivity index (χ0) is 22.2. The van der Waals surface area contributed by atoms with Gasteiger partial charge in [0.15, 0.2) is 6.61 Å². The number of hydrogen-bond acceptors (Lipinski definition) is 6. The number of carbonyl (C=O) groups is 2. The molecule has 4 rings (SSSR count). The number of anilines is 2. The molecule has 0 unspecified atom stereocenters. The zero-order valence-electron chi connectivity index (χ0n) is 16.0. The largest absolute Gasteiger partial charge is 0.482 e. The van der Waals surface area contributed by atoms with E-state index in [9.17, 15) is 22.4 Å². The van der Waals surface area contributed by atoms with Crippen molar-refractivity contribution in [3.63, 3.8) is 0 Å².